The second kappa shape index (κ2) is 10.6. The van der Waals surface area contributed by atoms with Gasteiger partial charge in [0.2, 0.25) is 5.95 Å². The van der Waals surface area contributed by atoms with E-state index in [2.05, 4.69) is 20.7 Å². The molecule has 10 heteroatoms. The highest BCUT2D eigenvalue weighted by molar-refractivity contribution is 5.98. The number of rotatable bonds is 6. The van der Waals surface area contributed by atoms with Crippen LogP contribution >= 0.6 is 0 Å². The minimum absolute atomic E-state index is 0.0933. The number of aromatic nitrogens is 3. The first-order valence-corrected chi connectivity index (χ1v) is 11.5. The molecule has 0 unspecified atom stereocenters. The van der Waals surface area contributed by atoms with E-state index in [0.717, 1.165) is 12.0 Å². The fourth-order valence-electron chi connectivity index (χ4n) is 3.68. The molecule has 3 aromatic rings. The molecule has 1 aliphatic heterocycles. The van der Waals surface area contributed by atoms with Crippen molar-refractivity contribution in [3.8, 4) is 11.4 Å². The summed E-state index contributed by atoms with van der Waals surface area (Å²) in [5.41, 5.74) is 0.435. The first-order valence-electron chi connectivity index (χ1n) is 11.5. The van der Waals surface area contributed by atoms with Gasteiger partial charge in [-0.15, -0.1) is 5.10 Å². The van der Waals surface area contributed by atoms with Crippen molar-refractivity contribution in [2.24, 2.45) is 0 Å². The Morgan fingerprint density at radius 2 is 1.80 bits per heavy atom. The number of halogens is 1. The van der Waals surface area contributed by atoms with E-state index in [0.29, 0.717) is 44.2 Å². The van der Waals surface area contributed by atoms with Crippen LogP contribution in [0.5, 0.6) is 0 Å². The lowest BCUT2D eigenvalue weighted by Gasteiger charge is -2.28. The van der Waals surface area contributed by atoms with Gasteiger partial charge in [-0.2, -0.15) is 4.98 Å². The van der Waals surface area contributed by atoms with Gasteiger partial charge in [-0.3, -0.25) is 10.1 Å². The number of nitrogens with zero attached hydrogens (tertiary/aromatic N) is 4. The molecule has 1 aromatic heterocycles. The minimum atomic E-state index is -1.22. The van der Waals surface area contributed by atoms with Gasteiger partial charge in [0, 0.05) is 25.3 Å². The van der Waals surface area contributed by atoms with E-state index < -0.39 is 11.4 Å². The molecule has 0 atom stereocenters. The normalized spacial score (nSPS) is 14.3. The Kier molecular flexibility index (Phi) is 7.40. The molecule has 2 N–H and O–H groups in total. The summed E-state index contributed by atoms with van der Waals surface area (Å²) in [6.07, 6.45) is 0.745. The molecule has 2 aromatic carbocycles. The van der Waals surface area contributed by atoms with Gasteiger partial charge in [0.25, 0.3) is 5.91 Å². The van der Waals surface area contributed by atoms with Crippen LogP contribution in [0, 0.1) is 5.82 Å². The molecular weight excluding hydrogens is 451 g/mol. The van der Waals surface area contributed by atoms with Crippen molar-refractivity contribution < 1.29 is 18.7 Å². The number of anilines is 1. The maximum absolute atomic E-state index is 13.5. The van der Waals surface area contributed by atoms with Crippen LogP contribution in [0.3, 0.4) is 0 Å². The van der Waals surface area contributed by atoms with Crippen molar-refractivity contribution in [3.63, 3.8) is 0 Å². The second-order valence-electron chi connectivity index (χ2n) is 8.87. The molecule has 1 aliphatic rings. The van der Waals surface area contributed by atoms with Crippen LogP contribution in [0.15, 0.2) is 54.6 Å². The van der Waals surface area contributed by atoms with Crippen molar-refractivity contribution in [2.75, 3.05) is 31.6 Å². The lowest BCUT2D eigenvalue weighted by atomic mass is 10.1. The molecule has 0 saturated carbocycles. The Morgan fingerprint density at radius 1 is 1.06 bits per heavy atom. The summed E-state index contributed by atoms with van der Waals surface area (Å²) in [6.45, 7) is 5.77. The molecule has 0 bridgehead atoms. The zero-order chi connectivity index (χ0) is 24.8. The van der Waals surface area contributed by atoms with Gasteiger partial charge in [0.05, 0.1) is 13.2 Å². The highest BCUT2D eigenvalue weighted by atomic mass is 19.1. The molecule has 4 rings (SSSR count). The highest BCUT2D eigenvalue weighted by Gasteiger charge is 2.32. The zero-order valence-corrected chi connectivity index (χ0v) is 19.8. The summed E-state index contributed by atoms with van der Waals surface area (Å²) in [6, 6.07) is 15.3. The Hall–Kier alpha value is -3.79. The third-order valence-corrected chi connectivity index (χ3v) is 5.67. The van der Waals surface area contributed by atoms with Gasteiger partial charge >= 0.3 is 6.03 Å². The van der Waals surface area contributed by atoms with Crippen LogP contribution in [0.2, 0.25) is 0 Å². The predicted octanol–water partition coefficient (Wildman–Crippen LogP) is 3.28. The van der Waals surface area contributed by atoms with Gasteiger partial charge in [0.1, 0.15) is 11.4 Å². The van der Waals surface area contributed by atoms with Crippen LogP contribution in [0.25, 0.3) is 11.4 Å². The molecule has 35 heavy (non-hydrogen) atoms. The third kappa shape index (κ3) is 6.21. The summed E-state index contributed by atoms with van der Waals surface area (Å²) < 4.78 is 20.5. The van der Waals surface area contributed by atoms with Crippen molar-refractivity contribution in [1.82, 2.24) is 25.0 Å². The van der Waals surface area contributed by atoms with Crippen LogP contribution in [0.1, 0.15) is 25.8 Å². The molecule has 184 valence electrons. The van der Waals surface area contributed by atoms with Crippen LogP contribution < -0.4 is 10.6 Å². The van der Waals surface area contributed by atoms with E-state index in [1.165, 1.54) is 12.1 Å². The summed E-state index contributed by atoms with van der Waals surface area (Å²) >= 11 is 0. The number of benzene rings is 2. The van der Waals surface area contributed by atoms with Crippen LogP contribution in [0.4, 0.5) is 15.1 Å². The minimum Gasteiger partial charge on any atom is -0.380 e. The standard InChI is InChI=1S/C25H29FN6O3/c1-25(2,29-24(34)31-13-6-15-35-16-14-31)22(33)28-23-27-21(19-9-11-20(26)12-10-19)32(30-23)17-18-7-4-3-5-8-18/h3-5,7-12H,6,13-17H2,1-2H3,(H,29,34)(H,28,30,33). The molecule has 2 heterocycles. The van der Waals surface area contributed by atoms with Crippen molar-refractivity contribution in [3.05, 3.63) is 66.0 Å². The topological polar surface area (TPSA) is 101 Å². The van der Waals surface area contributed by atoms with E-state index in [9.17, 15) is 14.0 Å². The van der Waals surface area contributed by atoms with E-state index in [1.807, 2.05) is 30.3 Å². The smallest absolute Gasteiger partial charge is 0.318 e. The first kappa shape index (κ1) is 24.3. The molecule has 0 spiro atoms. The Bertz CT molecular complexity index is 1160. The molecular formula is C25H29FN6O3. The fourth-order valence-corrected chi connectivity index (χ4v) is 3.68. The van der Waals surface area contributed by atoms with Crippen molar-refractivity contribution in [2.45, 2.75) is 32.4 Å². The maximum atomic E-state index is 13.5. The number of carbonyl (C=O) groups is 2. The largest absolute Gasteiger partial charge is 0.380 e. The van der Waals surface area contributed by atoms with Crippen molar-refractivity contribution >= 4 is 17.9 Å². The summed E-state index contributed by atoms with van der Waals surface area (Å²) in [5.74, 6) is -0.240. The van der Waals surface area contributed by atoms with Gasteiger partial charge in [0.15, 0.2) is 5.82 Å². The number of urea groups is 1. The Labute approximate surface area is 203 Å². The molecule has 1 saturated heterocycles. The van der Waals surface area contributed by atoms with E-state index in [4.69, 9.17) is 4.74 Å². The third-order valence-electron chi connectivity index (χ3n) is 5.67. The lowest BCUT2D eigenvalue weighted by molar-refractivity contribution is -0.121. The Morgan fingerprint density at radius 3 is 2.54 bits per heavy atom. The number of carbonyl (C=O) groups excluding carboxylic acids is 2. The predicted molar refractivity (Wildman–Crippen MR) is 129 cm³/mol. The Balaban J connectivity index is 1.52. The lowest BCUT2D eigenvalue weighted by Crippen LogP contribution is -2.56. The van der Waals surface area contributed by atoms with Gasteiger partial charge in [-0.25, -0.2) is 13.9 Å². The molecule has 0 aliphatic carbocycles. The second-order valence-corrected chi connectivity index (χ2v) is 8.87. The molecule has 9 nitrogen and oxygen atoms in total. The maximum Gasteiger partial charge on any atom is 0.318 e. The average Bonchev–Trinajstić information content (AvgIpc) is 3.04. The van der Waals surface area contributed by atoms with Gasteiger partial charge in [-0.1, -0.05) is 30.3 Å². The highest BCUT2D eigenvalue weighted by Crippen LogP contribution is 2.21. The number of hydrogen-bond donors (Lipinski definition) is 2. The number of amides is 3. The van der Waals surface area contributed by atoms with Crippen LogP contribution in [-0.4, -0.2) is 63.4 Å². The summed E-state index contributed by atoms with van der Waals surface area (Å²) in [5, 5.41) is 9.98. The summed E-state index contributed by atoms with van der Waals surface area (Å²) in [4.78, 5) is 31.9. The zero-order valence-electron chi connectivity index (χ0n) is 19.8. The molecule has 1 fully saturated rings. The fraction of sp³-hybridized carbons (Fsp3) is 0.360. The number of ether oxygens (including phenoxy) is 1. The molecule has 3 amide bonds. The molecule has 0 radical (unpaired) electrons. The number of hydrogen-bond acceptors (Lipinski definition) is 5. The van der Waals surface area contributed by atoms with Gasteiger partial charge in [-0.05, 0) is 50.1 Å². The summed E-state index contributed by atoms with van der Waals surface area (Å²) in [7, 11) is 0. The quantitative estimate of drug-likeness (QED) is 0.564. The average molecular weight is 481 g/mol. The van der Waals surface area contributed by atoms with Gasteiger partial charge < -0.3 is 15.0 Å². The monoisotopic (exact) mass is 480 g/mol. The van der Waals surface area contributed by atoms with E-state index in [-0.39, 0.29) is 17.8 Å². The van der Waals surface area contributed by atoms with E-state index >= 15 is 0 Å². The van der Waals surface area contributed by atoms with Crippen molar-refractivity contribution in [1.29, 1.82) is 0 Å². The van der Waals surface area contributed by atoms with Crippen LogP contribution in [-0.2, 0) is 16.1 Å². The SMILES string of the molecule is CC(C)(NC(=O)N1CCCOCC1)C(=O)Nc1nc(-c2ccc(F)cc2)n(Cc2ccccc2)n1. The number of nitrogens with one attached hydrogen (secondary N) is 2. The van der Waals surface area contributed by atoms with E-state index in [1.54, 1.807) is 35.6 Å². The first-order chi connectivity index (χ1) is 16.8.